The van der Waals surface area contributed by atoms with E-state index in [0.717, 1.165) is 13.1 Å². The second kappa shape index (κ2) is 6.89. The first kappa shape index (κ1) is 14.3. The minimum atomic E-state index is 0.432. The fourth-order valence-electron chi connectivity index (χ4n) is 2.70. The predicted molar refractivity (Wildman–Crippen MR) is 90.1 cm³/mol. The molecule has 0 aliphatic heterocycles. The molecule has 0 radical (unpaired) electrons. The number of hydrogen-bond acceptors (Lipinski definition) is 2. The van der Waals surface area contributed by atoms with E-state index in [1.165, 1.54) is 21.9 Å². The van der Waals surface area contributed by atoms with E-state index in [9.17, 15) is 0 Å². The molecule has 0 spiro atoms. The summed E-state index contributed by atoms with van der Waals surface area (Å²) in [5.41, 5.74) is 2.48. The van der Waals surface area contributed by atoms with Gasteiger partial charge in [0, 0.05) is 13.1 Å². The van der Waals surface area contributed by atoms with Crippen LogP contribution in [-0.2, 0) is 13.1 Å². The zero-order valence-electron chi connectivity index (χ0n) is 12.4. The number of rotatable bonds is 5. The van der Waals surface area contributed by atoms with E-state index in [1.54, 1.807) is 0 Å². The number of benzene rings is 3. The van der Waals surface area contributed by atoms with Crippen LogP contribution in [0, 0.1) is 11.3 Å². The second-order valence-electron chi connectivity index (χ2n) is 5.47. The molecule has 0 amide bonds. The average Bonchev–Trinajstić information content (AvgIpc) is 2.56. The van der Waals surface area contributed by atoms with Gasteiger partial charge in [0.1, 0.15) is 0 Å². The van der Waals surface area contributed by atoms with Crippen LogP contribution in [0.3, 0.4) is 0 Å². The van der Waals surface area contributed by atoms with Gasteiger partial charge in [0.25, 0.3) is 0 Å². The lowest BCUT2D eigenvalue weighted by Crippen LogP contribution is -2.23. The van der Waals surface area contributed by atoms with E-state index in [0.29, 0.717) is 6.54 Å². The molecule has 0 saturated carbocycles. The molecular formula is C20H18N2. The van der Waals surface area contributed by atoms with E-state index < -0.39 is 0 Å². The fourth-order valence-corrected chi connectivity index (χ4v) is 2.70. The summed E-state index contributed by atoms with van der Waals surface area (Å²) in [5, 5.41) is 11.6. The highest BCUT2D eigenvalue weighted by Crippen LogP contribution is 2.17. The van der Waals surface area contributed by atoms with Crippen LogP contribution in [0.25, 0.3) is 10.8 Å². The van der Waals surface area contributed by atoms with Crippen molar-refractivity contribution in [1.82, 2.24) is 4.90 Å². The predicted octanol–water partition coefficient (Wildman–Crippen LogP) is 4.37. The topological polar surface area (TPSA) is 27.0 Å². The van der Waals surface area contributed by atoms with Crippen molar-refractivity contribution in [3.63, 3.8) is 0 Å². The van der Waals surface area contributed by atoms with E-state index in [4.69, 9.17) is 5.26 Å². The van der Waals surface area contributed by atoms with Crippen molar-refractivity contribution in [2.45, 2.75) is 13.1 Å². The molecule has 0 N–H and O–H groups in total. The van der Waals surface area contributed by atoms with Crippen LogP contribution >= 0.6 is 0 Å². The van der Waals surface area contributed by atoms with Gasteiger partial charge in [-0.3, -0.25) is 4.90 Å². The molecular weight excluding hydrogens is 268 g/mol. The largest absolute Gasteiger partial charge is 0.282 e. The summed E-state index contributed by atoms with van der Waals surface area (Å²) in [4.78, 5) is 2.17. The standard InChI is InChI=1S/C20H18N2/c21-12-13-22(15-17-6-2-1-3-7-17)16-18-10-11-19-8-4-5-9-20(19)14-18/h1-11,14H,13,15-16H2. The van der Waals surface area contributed by atoms with Crippen molar-refractivity contribution in [2.75, 3.05) is 6.54 Å². The first-order chi connectivity index (χ1) is 10.8. The quantitative estimate of drug-likeness (QED) is 0.651. The molecule has 22 heavy (non-hydrogen) atoms. The number of nitriles is 1. The van der Waals surface area contributed by atoms with Crippen LogP contribution in [0.5, 0.6) is 0 Å². The molecule has 3 aromatic rings. The molecule has 108 valence electrons. The molecule has 0 aliphatic carbocycles. The lowest BCUT2D eigenvalue weighted by Gasteiger charge is -2.19. The molecule has 0 fully saturated rings. The molecule has 0 aromatic heterocycles. The van der Waals surface area contributed by atoms with E-state index in [1.807, 2.05) is 18.2 Å². The van der Waals surface area contributed by atoms with Crippen molar-refractivity contribution in [3.05, 3.63) is 83.9 Å². The summed E-state index contributed by atoms with van der Waals surface area (Å²) in [5.74, 6) is 0. The van der Waals surface area contributed by atoms with Crippen molar-refractivity contribution in [3.8, 4) is 6.07 Å². The molecule has 0 unspecified atom stereocenters. The van der Waals surface area contributed by atoms with Gasteiger partial charge in [-0.1, -0.05) is 66.7 Å². The highest BCUT2D eigenvalue weighted by atomic mass is 15.1. The minimum Gasteiger partial charge on any atom is -0.282 e. The molecule has 3 rings (SSSR count). The zero-order valence-corrected chi connectivity index (χ0v) is 12.4. The Labute approximate surface area is 131 Å². The van der Waals surface area contributed by atoms with Gasteiger partial charge in [-0.2, -0.15) is 5.26 Å². The van der Waals surface area contributed by atoms with Crippen LogP contribution in [0.2, 0.25) is 0 Å². The summed E-state index contributed by atoms with van der Waals surface area (Å²) in [7, 11) is 0. The van der Waals surface area contributed by atoms with Crippen molar-refractivity contribution < 1.29 is 0 Å². The maximum absolute atomic E-state index is 9.07. The Morgan fingerprint density at radius 3 is 2.18 bits per heavy atom. The Kier molecular flexibility index (Phi) is 4.48. The van der Waals surface area contributed by atoms with Gasteiger partial charge in [-0.25, -0.2) is 0 Å². The highest BCUT2D eigenvalue weighted by molar-refractivity contribution is 5.82. The first-order valence-electron chi connectivity index (χ1n) is 7.46. The van der Waals surface area contributed by atoms with Gasteiger partial charge >= 0.3 is 0 Å². The van der Waals surface area contributed by atoms with Crippen LogP contribution in [-0.4, -0.2) is 11.4 Å². The van der Waals surface area contributed by atoms with Gasteiger partial charge in [-0.05, 0) is 28.0 Å². The van der Waals surface area contributed by atoms with Gasteiger partial charge in [0.15, 0.2) is 0 Å². The average molecular weight is 286 g/mol. The van der Waals surface area contributed by atoms with Crippen LogP contribution < -0.4 is 0 Å². The maximum Gasteiger partial charge on any atom is 0.0871 e. The minimum absolute atomic E-state index is 0.432. The number of nitrogens with zero attached hydrogens (tertiary/aromatic N) is 2. The van der Waals surface area contributed by atoms with Crippen LogP contribution in [0.4, 0.5) is 0 Å². The molecule has 0 saturated heterocycles. The van der Waals surface area contributed by atoms with Crippen molar-refractivity contribution >= 4 is 10.8 Å². The third kappa shape index (κ3) is 3.52. The van der Waals surface area contributed by atoms with Gasteiger partial charge in [-0.15, -0.1) is 0 Å². The van der Waals surface area contributed by atoms with Crippen LogP contribution in [0.15, 0.2) is 72.8 Å². The summed E-state index contributed by atoms with van der Waals surface area (Å²) in [6.07, 6.45) is 0. The summed E-state index contributed by atoms with van der Waals surface area (Å²) >= 11 is 0. The Bertz CT molecular complexity index is 787. The second-order valence-corrected chi connectivity index (χ2v) is 5.47. The van der Waals surface area contributed by atoms with Crippen LogP contribution in [0.1, 0.15) is 11.1 Å². The molecule has 3 aromatic carbocycles. The normalized spacial score (nSPS) is 10.7. The highest BCUT2D eigenvalue weighted by Gasteiger charge is 2.07. The smallest absolute Gasteiger partial charge is 0.0871 e. The van der Waals surface area contributed by atoms with Gasteiger partial charge in [0.05, 0.1) is 12.6 Å². The third-order valence-electron chi connectivity index (χ3n) is 3.76. The zero-order chi connectivity index (χ0) is 15.2. The number of hydrogen-bond donors (Lipinski definition) is 0. The SMILES string of the molecule is N#CCN(Cc1ccccc1)Cc1ccc2ccccc2c1. The van der Waals surface area contributed by atoms with Crippen molar-refractivity contribution in [2.24, 2.45) is 0 Å². The lowest BCUT2D eigenvalue weighted by molar-refractivity contribution is 0.289. The Hall–Kier alpha value is -2.63. The summed E-state index contributed by atoms with van der Waals surface area (Å²) < 4.78 is 0. The third-order valence-corrected chi connectivity index (χ3v) is 3.76. The Morgan fingerprint density at radius 1 is 0.727 bits per heavy atom. The Balaban J connectivity index is 1.78. The molecule has 2 nitrogen and oxygen atoms in total. The molecule has 0 bridgehead atoms. The molecule has 0 atom stereocenters. The van der Waals surface area contributed by atoms with E-state index >= 15 is 0 Å². The molecule has 2 heteroatoms. The molecule has 0 aliphatic rings. The van der Waals surface area contributed by atoms with Gasteiger partial charge in [0.2, 0.25) is 0 Å². The summed E-state index contributed by atoms with van der Waals surface area (Å²) in [6, 6.07) is 27.4. The lowest BCUT2D eigenvalue weighted by atomic mass is 10.1. The summed E-state index contributed by atoms with van der Waals surface area (Å²) in [6.45, 7) is 2.01. The molecule has 0 heterocycles. The van der Waals surface area contributed by atoms with E-state index in [2.05, 4.69) is 65.6 Å². The Morgan fingerprint density at radius 2 is 1.41 bits per heavy atom. The van der Waals surface area contributed by atoms with E-state index in [-0.39, 0.29) is 0 Å². The fraction of sp³-hybridized carbons (Fsp3) is 0.150. The maximum atomic E-state index is 9.07. The monoisotopic (exact) mass is 286 g/mol. The van der Waals surface area contributed by atoms with Gasteiger partial charge < -0.3 is 0 Å². The van der Waals surface area contributed by atoms with Crippen molar-refractivity contribution in [1.29, 1.82) is 5.26 Å². The number of fused-ring (bicyclic) bond motifs is 1. The first-order valence-corrected chi connectivity index (χ1v) is 7.46.